The molecule has 0 radical (unpaired) electrons. The molecule has 0 spiro atoms. The lowest BCUT2D eigenvalue weighted by molar-refractivity contribution is -0.381. The zero-order chi connectivity index (χ0) is 26.8. The average molecular weight is 523 g/mol. The monoisotopic (exact) mass is 522 g/mol. The van der Waals surface area contributed by atoms with Gasteiger partial charge in [0, 0.05) is 26.4 Å². The predicted molar refractivity (Wildman–Crippen MR) is 136 cm³/mol. The fraction of sp³-hybridized carbons (Fsp3) is 0.963. The van der Waals surface area contributed by atoms with Crippen molar-refractivity contribution in [1.82, 2.24) is 0 Å². The van der Waals surface area contributed by atoms with Gasteiger partial charge in [0.25, 0.3) is 0 Å². The summed E-state index contributed by atoms with van der Waals surface area (Å²) < 4.78 is 50.1. The van der Waals surface area contributed by atoms with Crippen molar-refractivity contribution in [3.63, 3.8) is 0 Å². The third kappa shape index (κ3) is 10.1. The number of carbonyl (C=O) groups is 1. The standard InChI is InChI=1S/C27H51FO8/c1-6-11-15-31-20-22-23(33-16-12-7-2)24(34-17-13-8-3)25(35-18-14-9-4)27(30,36-22)21(19-28)26(29)32-10-5/h21-25,30H,6-20H2,1-5H3/t21?,22-,23-,24+,25-,27?/m1/s1. The molecule has 214 valence electrons. The van der Waals surface area contributed by atoms with Gasteiger partial charge in [-0.1, -0.05) is 53.4 Å². The van der Waals surface area contributed by atoms with Gasteiger partial charge in [-0.25, -0.2) is 4.39 Å². The van der Waals surface area contributed by atoms with Gasteiger partial charge in [0.2, 0.25) is 5.79 Å². The van der Waals surface area contributed by atoms with E-state index >= 15 is 0 Å². The molecule has 0 aliphatic carbocycles. The highest BCUT2D eigenvalue weighted by atomic mass is 19.1. The van der Waals surface area contributed by atoms with Gasteiger partial charge in [0.15, 0.2) is 0 Å². The van der Waals surface area contributed by atoms with E-state index in [-0.39, 0.29) is 13.2 Å². The number of esters is 1. The van der Waals surface area contributed by atoms with E-state index in [0.717, 1.165) is 51.4 Å². The Morgan fingerprint density at radius 2 is 1.39 bits per heavy atom. The van der Waals surface area contributed by atoms with Crippen LogP contribution in [0.2, 0.25) is 0 Å². The van der Waals surface area contributed by atoms with Gasteiger partial charge < -0.3 is 33.5 Å². The van der Waals surface area contributed by atoms with Crippen molar-refractivity contribution >= 4 is 5.97 Å². The Hall–Kier alpha value is -0.840. The fourth-order valence-corrected chi connectivity index (χ4v) is 4.12. The number of hydrogen-bond donors (Lipinski definition) is 1. The molecule has 6 atom stereocenters. The van der Waals surface area contributed by atoms with Gasteiger partial charge in [-0.15, -0.1) is 0 Å². The van der Waals surface area contributed by atoms with Crippen LogP contribution in [-0.2, 0) is 33.2 Å². The summed E-state index contributed by atoms with van der Waals surface area (Å²) in [5.41, 5.74) is 0. The molecule has 0 amide bonds. The van der Waals surface area contributed by atoms with Crippen molar-refractivity contribution in [3.05, 3.63) is 0 Å². The highest BCUT2D eigenvalue weighted by Crippen LogP contribution is 2.39. The minimum absolute atomic E-state index is 0.0511. The number of halogens is 1. The minimum atomic E-state index is -2.31. The van der Waals surface area contributed by atoms with Crippen LogP contribution in [-0.4, -0.2) is 87.6 Å². The Labute approximate surface area is 217 Å². The highest BCUT2D eigenvalue weighted by Gasteiger charge is 2.61. The van der Waals surface area contributed by atoms with Crippen molar-refractivity contribution in [1.29, 1.82) is 0 Å². The van der Waals surface area contributed by atoms with Crippen LogP contribution in [0.3, 0.4) is 0 Å². The summed E-state index contributed by atoms with van der Waals surface area (Å²) in [6.45, 7) is 10.5. The molecule has 0 bridgehead atoms. The lowest BCUT2D eigenvalue weighted by Gasteiger charge is -2.51. The summed E-state index contributed by atoms with van der Waals surface area (Å²) in [5, 5.41) is 11.9. The zero-order valence-corrected chi connectivity index (χ0v) is 23.2. The van der Waals surface area contributed by atoms with Crippen LogP contribution < -0.4 is 0 Å². The quantitative estimate of drug-likeness (QED) is 0.173. The second kappa shape index (κ2) is 19.3. The summed E-state index contributed by atoms with van der Waals surface area (Å²) >= 11 is 0. The normalized spacial score (nSPS) is 27.2. The summed E-state index contributed by atoms with van der Waals surface area (Å²) in [5.74, 6) is -4.79. The molecular weight excluding hydrogens is 471 g/mol. The molecule has 0 aromatic heterocycles. The molecule has 36 heavy (non-hydrogen) atoms. The number of unbranched alkanes of at least 4 members (excludes halogenated alkanes) is 4. The van der Waals surface area contributed by atoms with Crippen LogP contribution >= 0.6 is 0 Å². The predicted octanol–water partition coefficient (Wildman–Crippen LogP) is 4.60. The van der Waals surface area contributed by atoms with E-state index in [1.54, 1.807) is 6.92 Å². The SMILES string of the molecule is CCCCOC[C@H]1OC(O)(C(CF)C(=O)OCC)[C@H](OCCCC)[C@@H](OCCCC)[C@@H]1OCCCC. The molecule has 0 aromatic carbocycles. The van der Waals surface area contributed by atoms with Crippen LogP contribution in [0.1, 0.15) is 86.0 Å². The summed E-state index contributed by atoms with van der Waals surface area (Å²) in [7, 11) is 0. The van der Waals surface area contributed by atoms with Crippen LogP contribution in [0.5, 0.6) is 0 Å². The Morgan fingerprint density at radius 3 is 1.92 bits per heavy atom. The lowest BCUT2D eigenvalue weighted by Crippen LogP contribution is -2.71. The van der Waals surface area contributed by atoms with Crippen molar-refractivity contribution in [2.75, 3.05) is 46.3 Å². The fourth-order valence-electron chi connectivity index (χ4n) is 4.12. The first-order valence-electron chi connectivity index (χ1n) is 14.0. The van der Waals surface area contributed by atoms with Crippen molar-refractivity contribution in [2.45, 2.75) is 116 Å². The van der Waals surface area contributed by atoms with E-state index in [1.807, 2.05) is 6.92 Å². The van der Waals surface area contributed by atoms with Gasteiger partial charge in [0.05, 0.1) is 13.2 Å². The third-order valence-corrected chi connectivity index (χ3v) is 6.30. The average Bonchev–Trinajstić information content (AvgIpc) is 2.85. The molecule has 0 aromatic rings. The third-order valence-electron chi connectivity index (χ3n) is 6.30. The highest BCUT2D eigenvalue weighted by molar-refractivity contribution is 5.74. The summed E-state index contributed by atoms with van der Waals surface area (Å²) in [4.78, 5) is 12.8. The molecule has 1 heterocycles. The van der Waals surface area contributed by atoms with E-state index < -0.39 is 48.8 Å². The second-order valence-electron chi connectivity index (χ2n) is 9.32. The molecule has 2 unspecified atom stereocenters. The maximum absolute atomic E-state index is 14.4. The second-order valence-corrected chi connectivity index (χ2v) is 9.32. The molecule has 0 saturated carbocycles. The number of alkyl halides is 1. The summed E-state index contributed by atoms with van der Waals surface area (Å²) in [6, 6.07) is 0. The van der Waals surface area contributed by atoms with Crippen molar-refractivity contribution < 1.29 is 42.7 Å². The van der Waals surface area contributed by atoms with E-state index in [1.165, 1.54) is 0 Å². The first kappa shape index (κ1) is 33.2. The van der Waals surface area contributed by atoms with Crippen LogP contribution in [0, 0.1) is 5.92 Å². The largest absolute Gasteiger partial charge is 0.466 e. The zero-order valence-electron chi connectivity index (χ0n) is 23.2. The number of aliphatic hydroxyl groups is 1. The number of ether oxygens (including phenoxy) is 6. The molecule has 1 fully saturated rings. The Kier molecular flexibility index (Phi) is 17.8. The Bertz CT molecular complexity index is 566. The maximum Gasteiger partial charge on any atom is 0.317 e. The van der Waals surface area contributed by atoms with Gasteiger partial charge >= 0.3 is 5.97 Å². The van der Waals surface area contributed by atoms with Crippen molar-refractivity contribution in [2.24, 2.45) is 5.92 Å². The van der Waals surface area contributed by atoms with Gasteiger partial charge in [-0.2, -0.15) is 0 Å². The van der Waals surface area contributed by atoms with Gasteiger partial charge in [-0.3, -0.25) is 4.79 Å². The van der Waals surface area contributed by atoms with Gasteiger partial charge in [-0.05, 0) is 32.6 Å². The smallest absolute Gasteiger partial charge is 0.317 e. The van der Waals surface area contributed by atoms with E-state index in [0.29, 0.717) is 26.4 Å². The summed E-state index contributed by atoms with van der Waals surface area (Å²) in [6.07, 6.45) is 3.56. The van der Waals surface area contributed by atoms with E-state index in [9.17, 15) is 14.3 Å². The molecule has 1 rings (SSSR count). The Balaban J connectivity index is 3.43. The molecule has 8 nitrogen and oxygen atoms in total. The first-order chi connectivity index (χ1) is 17.4. The Morgan fingerprint density at radius 1 is 0.861 bits per heavy atom. The first-order valence-corrected chi connectivity index (χ1v) is 14.0. The minimum Gasteiger partial charge on any atom is -0.466 e. The van der Waals surface area contributed by atoms with Crippen molar-refractivity contribution in [3.8, 4) is 0 Å². The molecule has 1 saturated heterocycles. The van der Waals surface area contributed by atoms with Gasteiger partial charge in [0.1, 0.15) is 37.0 Å². The van der Waals surface area contributed by atoms with Crippen LogP contribution in [0.25, 0.3) is 0 Å². The van der Waals surface area contributed by atoms with E-state index in [4.69, 9.17) is 28.4 Å². The molecule has 1 N–H and O–H groups in total. The number of carbonyl (C=O) groups excluding carboxylic acids is 1. The number of rotatable bonds is 21. The van der Waals surface area contributed by atoms with Crippen LogP contribution in [0.15, 0.2) is 0 Å². The van der Waals surface area contributed by atoms with Crippen LogP contribution in [0.4, 0.5) is 4.39 Å². The molecule has 1 aliphatic heterocycles. The molecule has 9 heteroatoms. The maximum atomic E-state index is 14.4. The van der Waals surface area contributed by atoms with E-state index in [2.05, 4.69) is 20.8 Å². The molecule has 1 aliphatic rings. The topological polar surface area (TPSA) is 92.7 Å². The molecular formula is C27H51FO8. The lowest BCUT2D eigenvalue weighted by atomic mass is 9.84. The number of hydrogen-bond acceptors (Lipinski definition) is 8.